The Hall–Kier alpha value is -1.69. The molecule has 4 atom stereocenters. The molecule has 1 aromatic carbocycles. The average molecular weight is 521 g/mol. The summed E-state index contributed by atoms with van der Waals surface area (Å²) in [6, 6.07) is 8.92. The predicted octanol–water partition coefficient (Wildman–Crippen LogP) is 7.71. The Morgan fingerprint density at radius 1 is 1.00 bits per heavy atom. The minimum Gasteiger partial charge on any atom is -0.544 e. The van der Waals surface area contributed by atoms with Crippen molar-refractivity contribution < 1.29 is 18.7 Å². The van der Waals surface area contributed by atoms with E-state index in [0.29, 0.717) is 30.8 Å². The summed E-state index contributed by atoms with van der Waals surface area (Å²) < 4.78 is 18.8. The van der Waals surface area contributed by atoms with Gasteiger partial charge in [0.15, 0.2) is 5.79 Å². The first-order valence-corrected chi connectivity index (χ1v) is 17.4. The Morgan fingerprint density at radius 2 is 1.70 bits per heavy atom. The van der Waals surface area contributed by atoms with Crippen LogP contribution in [0.4, 0.5) is 0 Å². The second kappa shape index (κ2) is 8.66. The zero-order chi connectivity index (χ0) is 26.2. The first kappa shape index (κ1) is 25.6. The quantitative estimate of drug-likeness (QED) is 0.383. The van der Waals surface area contributed by atoms with Crippen molar-refractivity contribution in [3.05, 3.63) is 52.6 Å². The predicted molar refractivity (Wildman–Crippen MR) is 149 cm³/mol. The maximum atomic E-state index is 13.3. The fourth-order valence-electron chi connectivity index (χ4n) is 7.77. The fraction of sp³-hybridized carbons (Fsp3) is 0.656. The summed E-state index contributed by atoms with van der Waals surface area (Å²) in [4.78, 5) is 13.3. The zero-order valence-electron chi connectivity index (χ0n) is 23.6. The zero-order valence-corrected chi connectivity index (χ0v) is 24.6. The number of ether oxygens (including phenoxy) is 2. The molecular formula is C32H44O4Si. The van der Waals surface area contributed by atoms with E-state index in [1.807, 2.05) is 0 Å². The maximum Gasteiger partial charge on any atom is 0.250 e. The van der Waals surface area contributed by atoms with Gasteiger partial charge in [0.2, 0.25) is 8.32 Å². The van der Waals surface area contributed by atoms with Gasteiger partial charge < -0.3 is 13.9 Å². The molecule has 0 amide bonds. The summed E-state index contributed by atoms with van der Waals surface area (Å²) in [5, 5.41) is 0.164. The molecule has 1 aromatic rings. The first-order valence-electron chi connectivity index (χ1n) is 14.5. The third-order valence-corrected chi connectivity index (χ3v) is 15.2. The van der Waals surface area contributed by atoms with Crippen molar-refractivity contribution >= 4 is 14.1 Å². The first-order chi connectivity index (χ1) is 17.4. The van der Waals surface area contributed by atoms with Crippen LogP contribution in [0.15, 0.2) is 47.1 Å². The van der Waals surface area contributed by atoms with Gasteiger partial charge in [-0.15, -0.1) is 0 Å². The Bertz CT molecular complexity index is 1150. The normalized spacial score (nSPS) is 33.2. The second-order valence-electron chi connectivity index (χ2n) is 13.9. The molecule has 0 radical (unpaired) electrons. The number of rotatable bonds is 3. The van der Waals surface area contributed by atoms with Crippen molar-refractivity contribution in [2.45, 2.75) is 102 Å². The van der Waals surface area contributed by atoms with Gasteiger partial charge in [0, 0.05) is 24.2 Å². The Morgan fingerprint density at radius 3 is 2.38 bits per heavy atom. The Labute approximate surface area is 224 Å². The molecule has 0 bridgehead atoms. The van der Waals surface area contributed by atoms with Gasteiger partial charge in [-0.1, -0.05) is 45.4 Å². The van der Waals surface area contributed by atoms with E-state index in [2.05, 4.69) is 71.1 Å². The van der Waals surface area contributed by atoms with E-state index < -0.39 is 14.1 Å². The standard InChI is InChI=1S/C32H44O4Si/c1-30(2,3)37(5,6)36-23-10-7-21(8-11-23)26-20-31(4)27(13-14-28(31)33)25-12-9-22-19-32(34-17-18-35-32)16-15-24(22)29(25)26/h7-8,10-11,19,25-27H,9,12-18,20H2,1-6H3/t25-,26?,27-,31-/m0/s1. The monoisotopic (exact) mass is 520 g/mol. The van der Waals surface area contributed by atoms with Gasteiger partial charge >= 0.3 is 0 Å². The second-order valence-corrected chi connectivity index (χ2v) is 18.7. The highest BCUT2D eigenvalue weighted by Crippen LogP contribution is 2.63. The third kappa shape index (κ3) is 4.11. The number of benzene rings is 1. The topological polar surface area (TPSA) is 44.8 Å². The summed E-state index contributed by atoms with van der Waals surface area (Å²) >= 11 is 0. The van der Waals surface area contributed by atoms with Gasteiger partial charge in [-0.25, -0.2) is 0 Å². The third-order valence-electron chi connectivity index (χ3n) is 10.8. The lowest BCUT2D eigenvalue weighted by Gasteiger charge is -2.51. The van der Waals surface area contributed by atoms with E-state index >= 15 is 0 Å². The molecule has 1 saturated heterocycles. The molecule has 0 N–H and O–H groups in total. The molecule has 1 aliphatic heterocycles. The Kier molecular flexibility index (Phi) is 5.98. The van der Waals surface area contributed by atoms with E-state index in [4.69, 9.17) is 13.9 Å². The lowest BCUT2D eigenvalue weighted by atomic mass is 9.53. The molecule has 5 heteroatoms. The number of hydrogen-bond donors (Lipinski definition) is 0. The molecule has 1 unspecified atom stereocenters. The number of carbonyl (C=O) groups excluding carboxylic acids is 1. The van der Waals surface area contributed by atoms with Crippen LogP contribution in [0.5, 0.6) is 5.75 Å². The lowest BCUT2D eigenvalue weighted by Crippen LogP contribution is -2.44. The molecular weight excluding hydrogens is 476 g/mol. The minimum absolute atomic E-state index is 0.164. The highest BCUT2D eigenvalue weighted by atomic mass is 28.4. The van der Waals surface area contributed by atoms with E-state index in [9.17, 15) is 4.79 Å². The molecule has 2 saturated carbocycles. The van der Waals surface area contributed by atoms with Crippen molar-refractivity contribution in [2.24, 2.45) is 17.3 Å². The highest BCUT2D eigenvalue weighted by Gasteiger charge is 2.57. The number of ketones is 1. The number of allylic oxidation sites excluding steroid dienone is 3. The lowest BCUT2D eigenvalue weighted by molar-refractivity contribution is -0.128. The van der Waals surface area contributed by atoms with Crippen LogP contribution in [-0.2, 0) is 14.3 Å². The van der Waals surface area contributed by atoms with E-state index in [1.165, 1.54) is 11.1 Å². The molecule has 1 heterocycles. The van der Waals surface area contributed by atoms with Gasteiger partial charge in [-0.3, -0.25) is 4.79 Å². The smallest absolute Gasteiger partial charge is 0.250 e. The number of fused-ring (bicyclic) bond motifs is 4. The van der Waals surface area contributed by atoms with E-state index in [1.54, 1.807) is 11.1 Å². The van der Waals surface area contributed by atoms with Crippen LogP contribution < -0.4 is 4.43 Å². The van der Waals surface area contributed by atoms with Crippen LogP contribution in [0.2, 0.25) is 18.1 Å². The van der Waals surface area contributed by atoms with E-state index in [-0.39, 0.29) is 16.4 Å². The van der Waals surface area contributed by atoms with Crippen LogP contribution in [-0.4, -0.2) is 33.1 Å². The largest absolute Gasteiger partial charge is 0.544 e. The summed E-state index contributed by atoms with van der Waals surface area (Å²) in [7, 11) is -1.89. The maximum absolute atomic E-state index is 13.3. The average Bonchev–Trinajstić information content (AvgIpc) is 3.41. The molecule has 200 valence electrons. The van der Waals surface area contributed by atoms with Crippen molar-refractivity contribution in [3.63, 3.8) is 0 Å². The molecule has 1 spiro atoms. The minimum atomic E-state index is -1.89. The molecule has 6 rings (SSSR count). The highest BCUT2D eigenvalue weighted by molar-refractivity contribution is 6.74. The summed E-state index contributed by atoms with van der Waals surface area (Å²) in [6.07, 6.45) is 9.16. The van der Waals surface area contributed by atoms with Crippen molar-refractivity contribution in [1.29, 1.82) is 0 Å². The number of hydrogen-bond acceptors (Lipinski definition) is 4. The van der Waals surface area contributed by atoms with Gasteiger partial charge in [0.25, 0.3) is 0 Å². The molecule has 4 aliphatic carbocycles. The fourth-order valence-corrected chi connectivity index (χ4v) is 8.80. The van der Waals surface area contributed by atoms with Crippen molar-refractivity contribution in [3.8, 4) is 5.75 Å². The van der Waals surface area contributed by atoms with Crippen molar-refractivity contribution in [2.75, 3.05) is 13.2 Å². The Balaban J connectivity index is 1.39. The van der Waals surface area contributed by atoms with Crippen LogP contribution in [0.25, 0.3) is 0 Å². The molecule has 5 aliphatic rings. The number of Topliss-reactive ketones (excluding diaryl/α,β-unsaturated/α-hetero) is 1. The van der Waals surface area contributed by atoms with Crippen LogP contribution in [0.3, 0.4) is 0 Å². The van der Waals surface area contributed by atoms with Crippen LogP contribution in [0, 0.1) is 17.3 Å². The molecule has 4 nitrogen and oxygen atoms in total. The van der Waals surface area contributed by atoms with Gasteiger partial charge in [0.1, 0.15) is 11.5 Å². The van der Waals surface area contributed by atoms with Crippen LogP contribution in [0.1, 0.15) is 84.1 Å². The van der Waals surface area contributed by atoms with Gasteiger partial charge in [-0.05, 0) is 97.0 Å². The summed E-state index contributed by atoms with van der Waals surface area (Å²) in [6.45, 7) is 15.1. The number of carbonyl (C=O) groups is 1. The molecule has 37 heavy (non-hydrogen) atoms. The van der Waals surface area contributed by atoms with Crippen LogP contribution >= 0.6 is 0 Å². The van der Waals surface area contributed by atoms with Crippen molar-refractivity contribution in [1.82, 2.24) is 0 Å². The van der Waals surface area contributed by atoms with E-state index in [0.717, 1.165) is 50.7 Å². The SMILES string of the molecule is CC(C)(C)[Si](C)(C)Oc1ccc(C2C[C@]3(C)C(=O)CC[C@H]3[C@@H]3CCC4=CC5(CCC4=C23)OCCO5)cc1. The molecule has 0 aromatic heterocycles. The molecule has 3 fully saturated rings. The van der Waals surface area contributed by atoms with Gasteiger partial charge in [-0.2, -0.15) is 0 Å². The van der Waals surface area contributed by atoms with Gasteiger partial charge in [0.05, 0.1) is 13.2 Å². The summed E-state index contributed by atoms with van der Waals surface area (Å²) in [5.74, 6) is 2.23. The summed E-state index contributed by atoms with van der Waals surface area (Å²) in [5.41, 5.74) is 5.75.